The van der Waals surface area contributed by atoms with Gasteiger partial charge in [-0.2, -0.15) is 5.26 Å². The number of nitriles is 1. The Balaban J connectivity index is 1.73. The number of anilines is 1. The number of hydrogen-bond acceptors (Lipinski definition) is 6. The highest BCUT2D eigenvalue weighted by Gasteiger charge is 2.35. The van der Waals surface area contributed by atoms with Crippen molar-refractivity contribution in [2.24, 2.45) is 0 Å². The van der Waals surface area contributed by atoms with Gasteiger partial charge in [-0.05, 0) is 64.8 Å². The van der Waals surface area contributed by atoms with Crippen LogP contribution in [0.3, 0.4) is 0 Å². The predicted molar refractivity (Wildman–Crippen MR) is 130 cm³/mol. The Bertz CT molecular complexity index is 938. The van der Waals surface area contributed by atoms with E-state index in [1.165, 1.54) is 17.4 Å². The number of nitrogens with one attached hydrogen (secondary N) is 1. The Morgan fingerprint density at radius 1 is 1.19 bits per heavy atom. The van der Waals surface area contributed by atoms with Crippen molar-refractivity contribution in [3.8, 4) is 17.5 Å². The Labute approximate surface area is 195 Å². The lowest BCUT2D eigenvalue weighted by molar-refractivity contribution is -0.121. The van der Waals surface area contributed by atoms with Gasteiger partial charge >= 0.3 is 0 Å². The van der Waals surface area contributed by atoms with Gasteiger partial charge in [-0.1, -0.05) is 31.0 Å². The molecule has 32 heavy (non-hydrogen) atoms. The van der Waals surface area contributed by atoms with Crippen molar-refractivity contribution < 1.29 is 4.79 Å². The third-order valence-electron chi connectivity index (χ3n) is 6.22. The molecule has 1 aromatic heterocycles. The van der Waals surface area contributed by atoms with Crippen molar-refractivity contribution in [3.63, 3.8) is 0 Å². The standard InChI is InChI=1S/C24H34N6OS/c1-5-29(6-2)20-13-11-19(12-14-20)21-27-28-23(30(21)7-3)32-18(4)22(31)26-24(17-25)15-9-8-10-16-24/h11-14,18H,5-10,15-16H2,1-4H3,(H,26,31). The number of amides is 1. The summed E-state index contributed by atoms with van der Waals surface area (Å²) in [6.45, 7) is 10.9. The van der Waals surface area contributed by atoms with Crippen LogP contribution in [-0.2, 0) is 11.3 Å². The zero-order valence-electron chi connectivity index (χ0n) is 19.6. The van der Waals surface area contributed by atoms with E-state index in [0.29, 0.717) is 11.7 Å². The van der Waals surface area contributed by atoms with E-state index < -0.39 is 5.54 Å². The summed E-state index contributed by atoms with van der Waals surface area (Å²) in [6.07, 6.45) is 4.55. The molecule has 0 radical (unpaired) electrons. The topological polar surface area (TPSA) is 86.8 Å². The van der Waals surface area contributed by atoms with Gasteiger partial charge in [0.25, 0.3) is 0 Å². The van der Waals surface area contributed by atoms with Crippen LogP contribution in [0.2, 0.25) is 0 Å². The molecule has 1 aromatic carbocycles. The lowest BCUT2D eigenvalue weighted by atomic mass is 9.83. The van der Waals surface area contributed by atoms with Crippen LogP contribution in [0.15, 0.2) is 29.4 Å². The van der Waals surface area contributed by atoms with E-state index >= 15 is 0 Å². The Kier molecular flexibility index (Phi) is 8.19. The van der Waals surface area contributed by atoms with Crippen LogP contribution in [0.5, 0.6) is 0 Å². The number of thioether (sulfide) groups is 1. The zero-order chi connectivity index (χ0) is 23.1. The number of carbonyl (C=O) groups is 1. The van der Waals surface area contributed by atoms with Gasteiger partial charge in [0.05, 0.1) is 11.3 Å². The molecule has 1 N–H and O–H groups in total. The van der Waals surface area contributed by atoms with Crippen molar-refractivity contribution in [1.29, 1.82) is 5.26 Å². The number of aromatic nitrogens is 3. The van der Waals surface area contributed by atoms with Crippen LogP contribution in [-0.4, -0.2) is 44.6 Å². The van der Waals surface area contributed by atoms with Crippen molar-refractivity contribution >= 4 is 23.4 Å². The average molecular weight is 455 g/mol. The molecule has 8 heteroatoms. The maximum Gasteiger partial charge on any atom is 0.234 e. The summed E-state index contributed by atoms with van der Waals surface area (Å²) < 4.78 is 2.04. The molecule has 1 fully saturated rings. The molecule has 1 aliphatic rings. The fourth-order valence-electron chi connectivity index (χ4n) is 4.25. The maximum atomic E-state index is 12.9. The second kappa shape index (κ2) is 10.9. The molecular weight excluding hydrogens is 420 g/mol. The highest BCUT2D eigenvalue weighted by atomic mass is 32.2. The summed E-state index contributed by atoms with van der Waals surface area (Å²) in [6, 6.07) is 10.7. The van der Waals surface area contributed by atoms with Crippen LogP contribution in [0.25, 0.3) is 11.4 Å². The SMILES string of the molecule is CCN(CC)c1ccc(-c2nnc(SC(C)C(=O)NC3(C#N)CCCCC3)n2CC)cc1. The van der Waals surface area contributed by atoms with E-state index in [1.54, 1.807) is 0 Å². The first-order valence-corrected chi connectivity index (χ1v) is 12.5. The minimum atomic E-state index is -0.722. The summed E-state index contributed by atoms with van der Waals surface area (Å²) in [5.74, 6) is 0.684. The lowest BCUT2D eigenvalue weighted by Gasteiger charge is -2.32. The Hall–Kier alpha value is -2.53. The molecule has 0 spiro atoms. The van der Waals surface area contributed by atoms with Gasteiger partial charge in [0.15, 0.2) is 11.0 Å². The number of hydrogen-bond donors (Lipinski definition) is 1. The summed E-state index contributed by atoms with van der Waals surface area (Å²) in [7, 11) is 0. The number of rotatable bonds is 9. The molecule has 1 saturated carbocycles. The van der Waals surface area contributed by atoms with Gasteiger partial charge in [-0.15, -0.1) is 10.2 Å². The zero-order valence-corrected chi connectivity index (χ0v) is 20.4. The molecule has 0 aliphatic heterocycles. The smallest absolute Gasteiger partial charge is 0.234 e. The first-order chi connectivity index (χ1) is 15.5. The molecule has 7 nitrogen and oxygen atoms in total. The molecule has 3 rings (SSSR count). The van der Waals surface area contributed by atoms with Gasteiger partial charge in [-0.3, -0.25) is 4.79 Å². The molecule has 172 valence electrons. The largest absolute Gasteiger partial charge is 0.372 e. The summed E-state index contributed by atoms with van der Waals surface area (Å²) in [5.41, 5.74) is 1.47. The second-order valence-electron chi connectivity index (χ2n) is 8.27. The molecule has 1 atom stereocenters. The molecule has 1 aliphatic carbocycles. The molecule has 1 amide bonds. The highest BCUT2D eigenvalue weighted by molar-refractivity contribution is 8.00. The van der Waals surface area contributed by atoms with Crippen molar-refractivity contribution in [2.45, 2.75) is 82.3 Å². The fraction of sp³-hybridized carbons (Fsp3) is 0.583. The number of benzene rings is 1. The van der Waals surface area contributed by atoms with E-state index in [0.717, 1.165) is 56.6 Å². The lowest BCUT2D eigenvalue weighted by Crippen LogP contribution is -2.51. The van der Waals surface area contributed by atoms with Gasteiger partial charge in [0, 0.05) is 30.9 Å². The molecule has 1 unspecified atom stereocenters. The highest BCUT2D eigenvalue weighted by Crippen LogP contribution is 2.31. The van der Waals surface area contributed by atoms with E-state index in [-0.39, 0.29) is 11.2 Å². The van der Waals surface area contributed by atoms with Gasteiger partial charge < -0.3 is 14.8 Å². The predicted octanol–water partition coefficient (Wildman–Crippen LogP) is 4.63. The molecule has 1 heterocycles. The van der Waals surface area contributed by atoms with E-state index in [9.17, 15) is 10.1 Å². The molecule has 0 bridgehead atoms. The average Bonchev–Trinajstić information content (AvgIpc) is 3.23. The number of carbonyl (C=O) groups excluding carboxylic acids is 1. The van der Waals surface area contributed by atoms with E-state index in [4.69, 9.17) is 0 Å². The molecular formula is C24H34N6OS. The normalized spacial score (nSPS) is 16.2. The fourth-order valence-corrected chi connectivity index (χ4v) is 5.17. The summed E-state index contributed by atoms with van der Waals surface area (Å²) in [4.78, 5) is 15.2. The van der Waals surface area contributed by atoms with Crippen molar-refractivity contribution in [2.75, 3.05) is 18.0 Å². The monoisotopic (exact) mass is 454 g/mol. The van der Waals surface area contributed by atoms with Crippen molar-refractivity contribution in [3.05, 3.63) is 24.3 Å². The van der Waals surface area contributed by atoms with Gasteiger partial charge in [-0.25, -0.2) is 0 Å². The van der Waals surface area contributed by atoms with Crippen LogP contribution in [0, 0.1) is 11.3 Å². The second-order valence-corrected chi connectivity index (χ2v) is 9.58. The van der Waals surface area contributed by atoms with Crippen LogP contribution in [0.4, 0.5) is 5.69 Å². The minimum Gasteiger partial charge on any atom is -0.372 e. The molecule has 2 aromatic rings. The summed E-state index contributed by atoms with van der Waals surface area (Å²) >= 11 is 1.39. The minimum absolute atomic E-state index is 0.116. The van der Waals surface area contributed by atoms with Crippen LogP contribution < -0.4 is 10.2 Å². The van der Waals surface area contributed by atoms with E-state index in [1.807, 2.05) is 11.5 Å². The Morgan fingerprint density at radius 3 is 2.41 bits per heavy atom. The van der Waals surface area contributed by atoms with Crippen LogP contribution in [0.1, 0.15) is 59.8 Å². The quantitative estimate of drug-likeness (QED) is 0.556. The summed E-state index contributed by atoms with van der Waals surface area (Å²) in [5, 5.41) is 21.8. The molecule has 0 saturated heterocycles. The van der Waals surface area contributed by atoms with E-state index in [2.05, 4.69) is 71.5 Å². The number of nitrogens with zero attached hydrogens (tertiary/aromatic N) is 5. The third-order valence-corrected chi connectivity index (χ3v) is 7.30. The first-order valence-electron chi connectivity index (χ1n) is 11.7. The van der Waals surface area contributed by atoms with Gasteiger partial charge in [0.1, 0.15) is 5.54 Å². The first kappa shape index (κ1) is 24.1. The Morgan fingerprint density at radius 2 is 1.84 bits per heavy atom. The van der Waals surface area contributed by atoms with Crippen LogP contribution >= 0.6 is 11.8 Å². The van der Waals surface area contributed by atoms with Gasteiger partial charge in [0.2, 0.25) is 5.91 Å². The maximum absolute atomic E-state index is 12.9. The van der Waals surface area contributed by atoms with Crippen molar-refractivity contribution in [1.82, 2.24) is 20.1 Å². The third kappa shape index (κ3) is 5.26.